The molecule has 6 heteroatoms. The van der Waals surface area contributed by atoms with Gasteiger partial charge in [-0.05, 0) is 39.2 Å². The fraction of sp³-hybridized carbons (Fsp3) is 0.421. The zero-order chi connectivity index (χ0) is 18.4. The quantitative estimate of drug-likeness (QED) is 0.772. The van der Waals surface area contributed by atoms with E-state index >= 15 is 0 Å². The molecule has 0 aliphatic rings. The summed E-state index contributed by atoms with van der Waals surface area (Å²) in [6.07, 6.45) is 2.56. The molecule has 2 N–H and O–H groups in total. The van der Waals surface area contributed by atoms with Crippen LogP contribution in [-0.4, -0.2) is 32.8 Å². The second-order valence-corrected chi connectivity index (χ2v) is 6.47. The Bertz CT molecular complexity index is 723. The second kappa shape index (κ2) is 8.46. The Morgan fingerprint density at radius 3 is 2.48 bits per heavy atom. The van der Waals surface area contributed by atoms with Gasteiger partial charge in [-0.3, -0.25) is 14.3 Å². The van der Waals surface area contributed by atoms with Gasteiger partial charge in [-0.2, -0.15) is 5.10 Å². The molecule has 0 saturated heterocycles. The summed E-state index contributed by atoms with van der Waals surface area (Å²) in [7, 11) is 0. The van der Waals surface area contributed by atoms with Crippen molar-refractivity contribution < 1.29 is 14.7 Å². The first kappa shape index (κ1) is 18.7. The van der Waals surface area contributed by atoms with Crippen LogP contribution in [0.1, 0.15) is 54.3 Å². The normalized spacial score (nSPS) is 12.2. The average Bonchev–Trinajstić information content (AvgIpc) is 2.95. The number of carbonyl (C=O) groups is 2. The molecule has 0 aliphatic carbocycles. The summed E-state index contributed by atoms with van der Waals surface area (Å²) in [5.74, 6) is -1.08. The molecular weight excluding hydrogens is 318 g/mol. The minimum Gasteiger partial charge on any atom is -0.481 e. The summed E-state index contributed by atoms with van der Waals surface area (Å²) < 4.78 is 1.80. The predicted molar refractivity (Wildman–Crippen MR) is 95.6 cm³/mol. The minimum absolute atomic E-state index is 0.0159. The summed E-state index contributed by atoms with van der Waals surface area (Å²) >= 11 is 0. The molecule has 1 atom stereocenters. The number of amides is 1. The van der Waals surface area contributed by atoms with Crippen molar-refractivity contribution >= 4 is 11.9 Å². The molecule has 2 rings (SSSR count). The number of nitrogens with one attached hydrogen (secondary N) is 1. The van der Waals surface area contributed by atoms with Gasteiger partial charge in [0.2, 0.25) is 0 Å². The zero-order valence-corrected chi connectivity index (χ0v) is 14.9. The minimum atomic E-state index is -0.865. The van der Waals surface area contributed by atoms with Gasteiger partial charge in [-0.25, -0.2) is 0 Å². The van der Waals surface area contributed by atoms with Crippen LogP contribution in [0.15, 0.2) is 36.5 Å². The van der Waals surface area contributed by atoms with E-state index in [4.69, 9.17) is 5.11 Å². The van der Waals surface area contributed by atoms with Crippen LogP contribution in [0.25, 0.3) is 0 Å². The van der Waals surface area contributed by atoms with Crippen molar-refractivity contribution in [1.82, 2.24) is 15.1 Å². The van der Waals surface area contributed by atoms with E-state index in [1.807, 2.05) is 51.1 Å². The van der Waals surface area contributed by atoms with Crippen molar-refractivity contribution in [2.75, 3.05) is 0 Å². The Balaban J connectivity index is 2.11. The smallest absolute Gasteiger partial charge is 0.303 e. The van der Waals surface area contributed by atoms with Crippen LogP contribution in [0.5, 0.6) is 0 Å². The molecule has 1 aromatic carbocycles. The van der Waals surface area contributed by atoms with Gasteiger partial charge in [0.25, 0.3) is 5.91 Å². The van der Waals surface area contributed by atoms with Crippen LogP contribution in [0.3, 0.4) is 0 Å². The molecule has 134 valence electrons. The van der Waals surface area contributed by atoms with Crippen molar-refractivity contribution in [1.29, 1.82) is 0 Å². The number of nitrogens with zero attached hydrogens (tertiary/aromatic N) is 2. The number of hydrogen-bond acceptors (Lipinski definition) is 3. The van der Waals surface area contributed by atoms with Gasteiger partial charge in [0.05, 0.1) is 11.8 Å². The van der Waals surface area contributed by atoms with Crippen molar-refractivity contribution in [2.45, 2.75) is 52.1 Å². The van der Waals surface area contributed by atoms with Crippen molar-refractivity contribution in [3.63, 3.8) is 0 Å². The largest absolute Gasteiger partial charge is 0.481 e. The number of carboxylic acid groups (broad SMARTS) is 1. The molecule has 0 spiro atoms. The maximum absolute atomic E-state index is 12.6. The molecule has 0 fully saturated rings. The summed E-state index contributed by atoms with van der Waals surface area (Å²) in [5, 5.41) is 16.2. The lowest BCUT2D eigenvalue weighted by atomic mass is 10.0. The predicted octanol–water partition coefficient (Wildman–Crippen LogP) is 2.98. The van der Waals surface area contributed by atoms with E-state index in [0.717, 1.165) is 11.3 Å². The van der Waals surface area contributed by atoms with Gasteiger partial charge in [-0.1, -0.05) is 30.3 Å². The highest BCUT2D eigenvalue weighted by Gasteiger charge is 2.20. The third kappa shape index (κ3) is 5.17. The maximum Gasteiger partial charge on any atom is 0.303 e. The lowest BCUT2D eigenvalue weighted by molar-refractivity contribution is -0.137. The van der Waals surface area contributed by atoms with E-state index in [1.165, 1.54) is 0 Å². The Morgan fingerprint density at radius 1 is 1.24 bits per heavy atom. The number of aromatic nitrogens is 2. The monoisotopic (exact) mass is 343 g/mol. The van der Waals surface area contributed by atoms with Crippen LogP contribution in [0.2, 0.25) is 0 Å². The second-order valence-electron chi connectivity index (χ2n) is 6.47. The van der Waals surface area contributed by atoms with E-state index in [2.05, 4.69) is 10.4 Å². The van der Waals surface area contributed by atoms with Gasteiger partial charge < -0.3 is 10.4 Å². The molecule has 1 heterocycles. The van der Waals surface area contributed by atoms with Gasteiger partial charge in [0, 0.05) is 24.2 Å². The number of benzene rings is 1. The van der Waals surface area contributed by atoms with Crippen molar-refractivity contribution in [3.05, 3.63) is 53.3 Å². The Labute approximate surface area is 147 Å². The van der Waals surface area contributed by atoms with Gasteiger partial charge in [-0.15, -0.1) is 0 Å². The highest BCUT2D eigenvalue weighted by molar-refractivity contribution is 5.95. The lowest BCUT2D eigenvalue weighted by Crippen LogP contribution is -2.37. The molecule has 25 heavy (non-hydrogen) atoms. The highest BCUT2D eigenvalue weighted by atomic mass is 16.4. The SMILES string of the molecule is Cc1c(C(=O)NC(CCC(=O)O)Cc2ccccc2)cnn1C(C)C. The third-order valence-corrected chi connectivity index (χ3v) is 4.15. The molecule has 1 amide bonds. The van der Waals surface area contributed by atoms with Crippen molar-refractivity contribution in [3.8, 4) is 0 Å². The topological polar surface area (TPSA) is 84.2 Å². The summed E-state index contributed by atoms with van der Waals surface area (Å²) in [6, 6.07) is 9.67. The van der Waals surface area contributed by atoms with Gasteiger partial charge in [0.1, 0.15) is 0 Å². The van der Waals surface area contributed by atoms with E-state index in [9.17, 15) is 9.59 Å². The molecular formula is C19H25N3O3. The Hall–Kier alpha value is -2.63. The number of carbonyl (C=O) groups excluding carboxylic acids is 1. The third-order valence-electron chi connectivity index (χ3n) is 4.15. The zero-order valence-electron chi connectivity index (χ0n) is 14.9. The van der Waals surface area contributed by atoms with Gasteiger partial charge >= 0.3 is 5.97 Å². The summed E-state index contributed by atoms with van der Waals surface area (Å²) in [4.78, 5) is 23.6. The number of carboxylic acids is 1. The summed E-state index contributed by atoms with van der Waals surface area (Å²) in [6.45, 7) is 5.88. The van der Waals surface area contributed by atoms with Crippen LogP contribution >= 0.6 is 0 Å². The Morgan fingerprint density at radius 2 is 1.92 bits per heavy atom. The van der Waals surface area contributed by atoms with Crippen LogP contribution in [0, 0.1) is 6.92 Å². The lowest BCUT2D eigenvalue weighted by Gasteiger charge is -2.18. The molecule has 2 aromatic rings. The number of rotatable bonds is 8. The average molecular weight is 343 g/mol. The fourth-order valence-corrected chi connectivity index (χ4v) is 2.85. The molecule has 0 bridgehead atoms. The van der Waals surface area contributed by atoms with E-state index in [0.29, 0.717) is 18.4 Å². The van der Waals surface area contributed by atoms with E-state index in [1.54, 1.807) is 10.9 Å². The number of hydrogen-bond donors (Lipinski definition) is 2. The Kier molecular flexibility index (Phi) is 6.33. The number of aliphatic carboxylic acids is 1. The summed E-state index contributed by atoms with van der Waals surface area (Å²) in [5.41, 5.74) is 2.40. The molecule has 0 radical (unpaired) electrons. The van der Waals surface area contributed by atoms with Gasteiger partial charge in [0.15, 0.2) is 0 Å². The standard InChI is InChI=1S/C19H25N3O3/c1-13(2)22-14(3)17(12-20-22)19(25)21-16(9-10-18(23)24)11-15-7-5-4-6-8-15/h4-8,12-13,16H,9-11H2,1-3H3,(H,21,25)(H,23,24). The van der Waals surface area contributed by atoms with Crippen LogP contribution in [0.4, 0.5) is 0 Å². The molecule has 6 nitrogen and oxygen atoms in total. The fourth-order valence-electron chi connectivity index (χ4n) is 2.85. The maximum atomic E-state index is 12.6. The van der Waals surface area contributed by atoms with E-state index in [-0.39, 0.29) is 24.4 Å². The van der Waals surface area contributed by atoms with E-state index < -0.39 is 5.97 Å². The van der Waals surface area contributed by atoms with Crippen LogP contribution in [-0.2, 0) is 11.2 Å². The van der Waals surface area contributed by atoms with Crippen molar-refractivity contribution in [2.24, 2.45) is 0 Å². The highest BCUT2D eigenvalue weighted by Crippen LogP contribution is 2.14. The molecule has 1 aromatic heterocycles. The molecule has 1 unspecified atom stereocenters. The molecule has 0 aliphatic heterocycles. The molecule has 0 saturated carbocycles. The first-order valence-corrected chi connectivity index (χ1v) is 8.49. The first-order chi connectivity index (χ1) is 11.9. The first-order valence-electron chi connectivity index (χ1n) is 8.49. The van der Waals surface area contributed by atoms with Crippen LogP contribution < -0.4 is 5.32 Å².